The van der Waals surface area contributed by atoms with Gasteiger partial charge in [0.15, 0.2) is 6.23 Å². The lowest BCUT2D eigenvalue weighted by Gasteiger charge is -2.22. The van der Waals surface area contributed by atoms with Gasteiger partial charge in [-0.3, -0.25) is 9.63 Å². The summed E-state index contributed by atoms with van der Waals surface area (Å²) in [5.41, 5.74) is 2.39. The van der Waals surface area contributed by atoms with Gasteiger partial charge in [0.1, 0.15) is 0 Å². The summed E-state index contributed by atoms with van der Waals surface area (Å²) >= 11 is 0. The lowest BCUT2D eigenvalue weighted by molar-refractivity contribution is -0.179. The summed E-state index contributed by atoms with van der Waals surface area (Å²) in [6, 6.07) is 20.6. The number of hydrogen-bond acceptors (Lipinski definition) is 3. The lowest BCUT2D eigenvalue weighted by Crippen LogP contribution is -2.33. The van der Waals surface area contributed by atoms with Gasteiger partial charge in [0.05, 0.1) is 6.04 Å². The standard InChI is InChI=1S/C18H20N2O2/c1-14(21)19-18-12-17(16-10-6-3-7-11-16)20(22-18)13-15-8-4-2-5-9-15/h2-11,17-18H,12-13H2,1H3,(H,19,21). The van der Waals surface area contributed by atoms with Gasteiger partial charge in [0.25, 0.3) is 0 Å². The van der Waals surface area contributed by atoms with Gasteiger partial charge in [0, 0.05) is 19.9 Å². The van der Waals surface area contributed by atoms with Crippen molar-refractivity contribution in [2.24, 2.45) is 0 Å². The highest BCUT2D eigenvalue weighted by Crippen LogP contribution is 2.34. The molecule has 0 bridgehead atoms. The third kappa shape index (κ3) is 3.53. The molecular formula is C18H20N2O2. The molecule has 0 aliphatic carbocycles. The molecule has 3 rings (SSSR count). The number of amides is 1. The molecule has 1 N–H and O–H groups in total. The van der Waals surface area contributed by atoms with Gasteiger partial charge in [-0.1, -0.05) is 60.7 Å². The Labute approximate surface area is 130 Å². The molecule has 1 fully saturated rings. The molecule has 0 saturated carbocycles. The van der Waals surface area contributed by atoms with Crippen LogP contribution in [0.3, 0.4) is 0 Å². The van der Waals surface area contributed by atoms with Crippen molar-refractivity contribution in [2.45, 2.75) is 32.2 Å². The van der Waals surface area contributed by atoms with E-state index in [2.05, 4.69) is 29.6 Å². The summed E-state index contributed by atoms with van der Waals surface area (Å²) in [7, 11) is 0. The van der Waals surface area contributed by atoms with E-state index in [0.29, 0.717) is 6.54 Å². The second kappa shape index (κ2) is 6.73. The van der Waals surface area contributed by atoms with E-state index in [4.69, 9.17) is 4.84 Å². The van der Waals surface area contributed by atoms with Gasteiger partial charge in [-0.15, -0.1) is 0 Å². The maximum Gasteiger partial charge on any atom is 0.218 e. The van der Waals surface area contributed by atoms with Gasteiger partial charge in [-0.05, 0) is 11.1 Å². The number of carbonyl (C=O) groups is 1. The second-order valence-electron chi connectivity index (χ2n) is 5.52. The first kappa shape index (κ1) is 14.8. The Morgan fingerprint density at radius 2 is 1.77 bits per heavy atom. The summed E-state index contributed by atoms with van der Waals surface area (Å²) in [6.45, 7) is 2.21. The molecule has 1 amide bonds. The first-order valence-corrected chi connectivity index (χ1v) is 7.52. The van der Waals surface area contributed by atoms with Crippen LogP contribution in [0.2, 0.25) is 0 Å². The van der Waals surface area contributed by atoms with Gasteiger partial charge in [-0.25, -0.2) is 0 Å². The Morgan fingerprint density at radius 1 is 1.14 bits per heavy atom. The monoisotopic (exact) mass is 296 g/mol. The van der Waals surface area contributed by atoms with E-state index in [1.807, 2.05) is 41.5 Å². The summed E-state index contributed by atoms with van der Waals surface area (Å²) in [5, 5.41) is 4.82. The highest BCUT2D eigenvalue weighted by Gasteiger charge is 2.34. The SMILES string of the molecule is CC(=O)NC1CC(c2ccccc2)N(Cc2ccccc2)O1. The van der Waals surface area contributed by atoms with E-state index < -0.39 is 0 Å². The highest BCUT2D eigenvalue weighted by atomic mass is 16.7. The minimum absolute atomic E-state index is 0.0710. The van der Waals surface area contributed by atoms with Crippen LogP contribution in [-0.2, 0) is 16.2 Å². The molecule has 0 radical (unpaired) electrons. The number of nitrogens with one attached hydrogen (secondary N) is 1. The van der Waals surface area contributed by atoms with Crippen LogP contribution in [0.5, 0.6) is 0 Å². The molecule has 1 aliphatic heterocycles. The molecule has 0 spiro atoms. The molecule has 1 saturated heterocycles. The van der Waals surface area contributed by atoms with Crippen LogP contribution in [0.1, 0.15) is 30.5 Å². The van der Waals surface area contributed by atoms with Crippen LogP contribution < -0.4 is 5.32 Å². The molecule has 1 heterocycles. The Hall–Kier alpha value is -2.17. The molecule has 4 heteroatoms. The van der Waals surface area contributed by atoms with E-state index in [-0.39, 0.29) is 18.2 Å². The summed E-state index contributed by atoms with van der Waals surface area (Å²) < 4.78 is 0. The summed E-state index contributed by atoms with van der Waals surface area (Å²) in [4.78, 5) is 17.2. The Bertz CT molecular complexity index is 615. The molecule has 0 aromatic heterocycles. The van der Waals surface area contributed by atoms with Crippen LogP contribution in [0, 0.1) is 0 Å². The van der Waals surface area contributed by atoms with Crippen molar-refractivity contribution in [1.82, 2.24) is 10.4 Å². The zero-order chi connectivity index (χ0) is 15.4. The molecule has 4 nitrogen and oxygen atoms in total. The van der Waals surface area contributed by atoms with E-state index in [1.165, 1.54) is 18.1 Å². The Kier molecular flexibility index (Phi) is 4.51. The minimum Gasteiger partial charge on any atom is -0.329 e. The fourth-order valence-corrected chi connectivity index (χ4v) is 2.80. The van der Waals surface area contributed by atoms with Crippen LogP contribution >= 0.6 is 0 Å². The summed E-state index contributed by atoms with van der Waals surface area (Å²) in [5.74, 6) is -0.0710. The summed E-state index contributed by atoms with van der Waals surface area (Å²) in [6.07, 6.45) is 0.475. The molecule has 2 aromatic carbocycles. The smallest absolute Gasteiger partial charge is 0.218 e. The molecule has 1 aliphatic rings. The molecule has 2 unspecified atom stereocenters. The normalized spacial score (nSPS) is 21.7. The molecule has 114 valence electrons. The maximum absolute atomic E-state index is 11.3. The number of hydroxylamine groups is 2. The molecular weight excluding hydrogens is 276 g/mol. The maximum atomic E-state index is 11.3. The first-order valence-electron chi connectivity index (χ1n) is 7.52. The highest BCUT2D eigenvalue weighted by molar-refractivity contribution is 5.73. The largest absolute Gasteiger partial charge is 0.329 e. The zero-order valence-corrected chi connectivity index (χ0v) is 12.6. The Balaban J connectivity index is 1.79. The number of benzene rings is 2. The van der Waals surface area contributed by atoms with Crippen molar-refractivity contribution in [3.8, 4) is 0 Å². The molecule has 2 aromatic rings. The van der Waals surface area contributed by atoms with Crippen molar-refractivity contribution >= 4 is 5.91 Å². The van der Waals surface area contributed by atoms with E-state index in [0.717, 1.165) is 6.42 Å². The van der Waals surface area contributed by atoms with Crippen LogP contribution in [0.15, 0.2) is 60.7 Å². The zero-order valence-electron chi connectivity index (χ0n) is 12.6. The fraction of sp³-hybridized carbons (Fsp3) is 0.278. The minimum atomic E-state index is -0.272. The van der Waals surface area contributed by atoms with Gasteiger partial charge in [-0.2, -0.15) is 5.06 Å². The van der Waals surface area contributed by atoms with Crippen LogP contribution in [-0.4, -0.2) is 17.2 Å². The predicted molar refractivity (Wildman–Crippen MR) is 84.5 cm³/mol. The van der Waals surface area contributed by atoms with Gasteiger partial charge < -0.3 is 5.32 Å². The van der Waals surface area contributed by atoms with Crippen LogP contribution in [0.25, 0.3) is 0 Å². The van der Waals surface area contributed by atoms with E-state index >= 15 is 0 Å². The number of hydrogen-bond donors (Lipinski definition) is 1. The number of nitrogens with zero attached hydrogens (tertiary/aromatic N) is 1. The quantitative estimate of drug-likeness (QED) is 0.943. The molecule has 22 heavy (non-hydrogen) atoms. The van der Waals surface area contributed by atoms with E-state index in [9.17, 15) is 4.79 Å². The molecule has 2 atom stereocenters. The average Bonchev–Trinajstić information content (AvgIpc) is 2.91. The van der Waals surface area contributed by atoms with Crippen molar-refractivity contribution in [3.05, 3.63) is 71.8 Å². The van der Waals surface area contributed by atoms with E-state index in [1.54, 1.807) is 0 Å². The predicted octanol–water partition coefficient (Wildman–Crippen LogP) is 3.03. The second-order valence-corrected chi connectivity index (χ2v) is 5.52. The third-order valence-corrected chi connectivity index (χ3v) is 3.78. The third-order valence-electron chi connectivity index (χ3n) is 3.78. The topological polar surface area (TPSA) is 41.6 Å². The first-order chi connectivity index (χ1) is 10.7. The average molecular weight is 296 g/mol. The van der Waals surface area contributed by atoms with Gasteiger partial charge >= 0.3 is 0 Å². The van der Waals surface area contributed by atoms with Crippen molar-refractivity contribution < 1.29 is 9.63 Å². The number of carbonyl (C=O) groups excluding carboxylic acids is 1. The van der Waals surface area contributed by atoms with Crippen molar-refractivity contribution in [2.75, 3.05) is 0 Å². The fourth-order valence-electron chi connectivity index (χ4n) is 2.80. The lowest BCUT2D eigenvalue weighted by atomic mass is 10.0. The van der Waals surface area contributed by atoms with Crippen molar-refractivity contribution in [3.63, 3.8) is 0 Å². The number of rotatable bonds is 4. The Morgan fingerprint density at radius 3 is 2.41 bits per heavy atom. The van der Waals surface area contributed by atoms with Crippen LogP contribution in [0.4, 0.5) is 0 Å². The van der Waals surface area contributed by atoms with Gasteiger partial charge in [0.2, 0.25) is 5.91 Å². The van der Waals surface area contributed by atoms with Crippen molar-refractivity contribution in [1.29, 1.82) is 0 Å².